The fourth-order valence-electron chi connectivity index (χ4n) is 3.54. The molecule has 0 saturated carbocycles. The van der Waals surface area contributed by atoms with E-state index in [0.717, 1.165) is 5.56 Å². The number of pyridine rings is 1. The molecular weight excluding hydrogens is 362 g/mol. The highest BCUT2D eigenvalue weighted by Gasteiger charge is 2.28. The summed E-state index contributed by atoms with van der Waals surface area (Å²) in [7, 11) is 0. The summed E-state index contributed by atoms with van der Waals surface area (Å²) >= 11 is 0. The lowest BCUT2D eigenvalue weighted by Gasteiger charge is -2.14. The molecule has 3 aromatic rings. The van der Waals surface area contributed by atoms with Crippen LogP contribution in [0.1, 0.15) is 28.3 Å². The van der Waals surface area contributed by atoms with E-state index < -0.39 is 6.09 Å². The van der Waals surface area contributed by atoms with E-state index in [-0.39, 0.29) is 19.1 Å². The van der Waals surface area contributed by atoms with E-state index in [1.54, 1.807) is 6.20 Å². The molecule has 0 atom stereocenters. The molecule has 4 rings (SSSR count). The molecule has 0 fully saturated rings. The summed E-state index contributed by atoms with van der Waals surface area (Å²) in [6.45, 7) is 2.37. The Morgan fingerprint density at radius 2 is 1.79 bits per heavy atom. The van der Waals surface area contributed by atoms with Crippen molar-refractivity contribution in [3.8, 4) is 23.0 Å². The molecule has 1 aliphatic carbocycles. The molecule has 1 heterocycles. The second kappa shape index (κ2) is 8.07. The topological polar surface area (TPSA) is 77.2 Å². The van der Waals surface area contributed by atoms with Crippen LogP contribution in [-0.2, 0) is 4.74 Å². The van der Waals surface area contributed by atoms with Crippen LogP contribution in [0, 0.1) is 18.8 Å². The summed E-state index contributed by atoms with van der Waals surface area (Å²) in [4.78, 5) is 16.2. The van der Waals surface area contributed by atoms with Crippen molar-refractivity contribution in [1.29, 1.82) is 0 Å². The zero-order chi connectivity index (χ0) is 20.2. The molecule has 0 saturated heterocycles. The molecule has 0 radical (unpaired) electrons. The lowest BCUT2D eigenvalue weighted by molar-refractivity contribution is 0.144. The Morgan fingerprint density at radius 1 is 1.14 bits per heavy atom. The van der Waals surface area contributed by atoms with E-state index in [2.05, 4.69) is 46.4 Å². The van der Waals surface area contributed by atoms with Crippen LogP contribution in [0.5, 0.6) is 0 Å². The lowest BCUT2D eigenvalue weighted by Crippen LogP contribution is -2.26. The van der Waals surface area contributed by atoms with Crippen molar-refractivity contribution >= 4 is 11.8 Å². The number of rotatable bonds is 3. The van der Waals surface area contributed by atoms with E-state index in [9.17, 15) is 4.79 Å². The van der Waals surface area contributed by atoms with Crippen molar-refractivity contribution in [2.45, 2.75) is 12.8 Å². The van der Waals surface area contributed by atoms with Gasteiger partial charge in [0.05, 0.1) is 18.4 Å². The van der Waals surface area contributed by atoms with Gasteiger partial charge in [0.15, 0.2) is 0 Å². The minimum absolute atomic E-state index is 0.0428. The molecule has 5 heteroatoms. The van der Waals surface area contributed by atoms with Crippen LogP contribution in [0.25, 0.3) is 11.1 Å². The van der Waals surface area contributed by atoms with Gasteiger partial charge in [-0.25, -0.2) is 9.78 Å². The number of alkyl carbamates (subject to hydrolysis) is 1. The Hall–Kier alpha value is -3.78. The van der Waals surface area contributed by atoms with Crippen molar-refractivity contribution < 1.29 is 9.53 Å². The summed E-state index contributed by atoms with van der Waals surface area (Å²) in [5.74, 6) is 5.82. The summed E-state index contributed by atoms with van der Waals surface area (Å²) in [5.41, 5.74) is 12.7. The van der Waals surface area contributed by atoms with Gasteiger partial charge in [0.2, 0.25) is 0 Å². The van der Waals surface area contributed by atoms with Crippen LogP contribution in [0.3, 0.4) is 0 Å². The minimum Gasteiger partial charge on any atom is -0.449 e. The number of amides is 1. The lowest BCUT2D eigenvalue weighted by atomic mass is 9.98. The number of nitrogens with two attached hydrogens (primary N) is 1. The third-order valence-corrected chi connectivity index (χ3v) is 5.03. The van der Waals surface area contributed by atoms with Crippen LogP contribution >= 0.6 is 0 Å². The number of carbonyl (C=O) groups is 1. The van der Waals surface area contributed by atoms with Gasteiger partial charge < -0.3 is 15.8 Å². The molecule has 29 heavy (non-hydrogen) atoms. The van der Waals surface area contributed by atoms with Crippen molar-refractivity contribution in [2.75, 3.05) is 18.9 Å². The first-order valence-electron chi connectivity index (χ1n) is 9.43. The summed E-state index contributed by atoms with van der Waals surface area (Å²) in [6, 6.07) is 18.3. The fraction of sp³-hybridized carbons (Fsp3) is 0.167. The van der Waals surface area contributed by atoms with E-state index in [0.29, 0.717) is 11.4 Å². The average molecular weight is 383 g/mol. The third-order valence-electron chi connectivity index (χ3n) is 5.03. The fourth-order valence-corrected chi connectivity index (χ4v) is 3.54. The van der Waals surface area contributed by atoms with Crippen LogP contribution in [0.4, 0.5) is 10.5 Å². The molecule has 0 spiro atoms. The van der Waals surface area contributed by atoms with Gasteiger partial charge in [-0.15, -0.1) is 0 Å². The second-order valence-corrected chi connectivity index (χ2v) is 6.91. The van der Waals surface area contributed by atoms with Crippen molar-refractivity contribution in [3.05, 3.63) is 83.2 Å². The number of anilines is 1. The van der Waals surface area contributed by atoms with E-state index >= 15 is 0 Å². The smallest absolute Gasteiger partial charge is 0.407 e. The Balaban J connectivity index is 1.35. The maximum atomic E-state index is 12.1. The molecule has 5 nitrogen and oxygen atoms in total. The number of hydrogen-bond donors (Lipinski definition) is 2. The van der Waals surface area contributed by atoms with Crippen molar-refractivity contribution in [1.82, 2.24) is 10.3 Å². The van der Waals surface area contributed by atoms with Gasteiger partial charge in [-0.3, -0.25) is 0 Å². The Morgan fingerprint density at radius 3 is 2.45 bits per heavy atom. The van der Waals surface area contributed by atoms with Crippen LogP contribution < -0.4 is 11.1 Å². The molecule has 1 amide bonds. The molecular formula is C24H21N3O2. The normalized spacial score (nSPS) is 11.8. The number of nitrogens with zero attached hydrogens (tertiary/aromatic N) is 1. The third kappa shape index (κ3) is 3.92. The quantitative estimate of drug-likeness (QED) is 0.673. The minimum atomic E-state index is -0.484. The second-order valence-electron chi connectivity index (χ2n) is 6.91. The average Bonchev–Trinajstić information content (AvgIpc) is 3.06. The van der Waals surface area contributed by atoms with Crippen LogP contribution in [0.15, 0.2) is 60.8 Å². The first-order valence-corrected chi connectivity index (χ1v) is 9.43. The summed E-state index contributed by atoms with van der Waals surface area (Å²) in [6.07, 6.45) is 1.10. The van der Waals surface area contributed by atoms with Crippen molar-refractivity contribution in [2.24, 2.45) is 0 Å². The van der Waals surface area contributed by atoms with Gasteiger partial charge in [0.25, 0.3) is 0 Å². The SMILES string of the molecule is Cc1cc(C#CCNC(=O)OCC2c3ccccc3-c3ccccc32)ncc1N. The zero-order valence-electron chi connectivity index (χ0n) is 16.1. The molecule has 3 N–H and O–H groups in total. The van der Waals surface area contributed by atoms with Crippen LogP contribution in [-0.4, -0.2) is 24.2 Å². The number of ether oxygens (including phenoxy) is 1. The maximum Gasteiger partial charge on any atom is 0.407 e. The number of carbonyl (C=O) groups excluding carboxylic acids is 1. The largest absolute Gasteiger partial charge is 0.449 e. The molecule has 0 aliphatic heterocycles. The molecule has 0 unspecified atom stereocenters. The number of fused-ring (bicyclic) bond motifs is 3. The summed E-state index contributed by atoms with van der Waals surface area (Å²) < 4.78 is 5.48. The zero-order valence-corrected chi connectivity index (χ0v) is 16.1. The van der Waals surface area contributed by atoms with Gasteiger partial charge >= 0.3 is 6.09 Å². The molecule has 1 aromatic heterocycles. The predicted molar refractivity (Wildman–Crippen MR) is 113 cm³/mol. The number of nitrogen functional groups attached to an aromatic ring is 1. The Kier molecular flexibility index (Phi) is 5.17. The van der Waals surface area contributed by atoms with Gasteiger partial charge in [-0.2, -0.15) is 0 Å². The van der Waals surface area contributed by atoms with Gasteiger partial charge in [-0.05, 0) is 46.7 Å². The van der Waals surface area contributed by atoms with Gasteiger partial charge in [0.1, 0.15) is 12.3 Å². The monoisotopic (exact) mass is 383 g/mol. The highest BCUT2D eigenvalue weighted by molar-refractivity contribution is 5.79. The van der Waals surface area contributed by atoms with Gasteiger partial charge in [-0.1, -0.05) is 54.5 Å². The number of hydrogen-bond acceptors (Lipinski definition) is 4. The number of nitrogens with one attached hydrogen (secondary N) is 1. The number of aromatic nitrogens is 1. The highest BCUT2D eigenvalue weighted by atomic mass is 16.5. The first kappa shape index (κ1) is 18.6. The molecule has 144 valence electrons. The van der Waals surface area contributed by atoms with E-state index in [1.807, 2.05) is 37.3 Å². The Labute approximate surface area is 169 Å². The Bertz CT molecular complexity index is 1080. The van der Waals surface area contributed by atoms with Gasteiger partial charge in [0, 0.05) is 5.92 Å². The number of benzene rings is 2. The first-order chi connectivity index (χ1) is 14.1. The predicted octanol–water partition coefficient (Wildman–Crippen LogP) is 3.86. The van der Waals surface area contributed by atoms with Crippen molar-refractivity contribution in [3.63, 3.8) is 0 Å². The van der Waals surface area contributed by atoms with E-state index in [4.69, 9.17) is 10.5 Å². The maximum absolute atomic E-state index is 12.1. The molecule has 2 aromatic carbocycles. The standard InChI is InChI=1S/C24H21N3O2/c1-16-13-17(27-14-23(16)25)7-6-12-26-24(28)29-15-22-20-10-4-2-8-18(20)19-9-3-5-11-21(19)22/h2-5,8-11,13-14,22H,12,15,25H2,1H3,(H,26,28). The molecule has 1 aliphatic rings. The van der Waals surface area contributed by atoms with Crippen LogP contribution in [0.2, 0.25) is 0 Å². The highest BCUT2D eigenvalue weighted by Crippen LogP contribution is 2.44. The van der Waals surface area contributed by atoms with E-state index in [1.165, 1.54) is 22.3 Å². The molecule has 0 bridgehead atoms. The number of aryl methyl sites for hydroxylation is 1. The summed E-state index contributed by atoms with van der Waals surface area (Å²) in [5, 5.41) is 2.66.